The summed E-state index contributed by atoms with van der Waals surface area (Å²) in [4.78, 5) is 21.2. The molecule has 1 saturated heterocycles. The number of hydrogen-bond acceptors (Lipinski definition) is 3. The maximum absolute atomic E-state index is 12.9. The third-order valence-electron chi connectivity index (χ3n) is 3.50. The summed E-state index contributed by atoms with van der Waals surface area (Å²) >= 11 is 0. The molecule has 1 aliphatic heterocycles. The molecule has 1 fully saturated rings. The van der Waals surface area contributed by atoms with Crippen LogP contribution < -0.4 is 5.56 Å². The van der Waals surface area contributed by atoms with Gasteiger partial charge in [-0.15, -0.1) is 0 Å². The third kappa shape index (κ3) is 2.93. The van der Waals surface area contributed by atoms with Crippen LogP contribution in [0.3, 0.4) is 0 Å². The molecular weight excluding hydrogens is 257 g/mol. The monoisotopic (exact) mass is 273 g/mol. The predicted octanol–water partition coefficient (Wildman–Crippen LogP) is 2.17. The lowest BCUT2D eigenvalue weighted by Gasteiger charge is -2.14. The fraction of sp³-hybridized carbons (Fsp3) is 0.333. The van der Waals surface area contributed by atoms with Gasteiger partial charge in [0.2, 0.25) is 0 Å². The Kier molecular flexibility index (Phi) is 3.60. The molecule has 2 aromatic rings. The smallest absolute Gasteiger partial charge is 0.251 e. The molecule has 104 valence electrons. The predicted molar refractivity (Wildman–Crippen MR) is 74.8 cm³/mol. The number of nitrogens with one attached hydrogen (secondary N) is 1. The highest BCUT2D eigenvalue weighted by Gasteiger charge is 2.13. The number of benzene rings is 1. The van der Waals surface area contributed by atoms with Crippen molar-refractivity contribution < 1.29 is 4.39 Å². The Labute approximate surface area is 116 Å². The molecule has 0 aliphatic carbocycles. The van der Waals surface area contributed by atoms with Gasteiger partial charge in [-0.25, -0.2) is 9.37 Å². The maximum Gasteiger partial charge on any atom is 0.251 e. The molecule has 4 nitrogen and oxygen atoms in total. The van der Waals surface area contributed by atoms with Crippen molar-refractivity contribution in [2.24, 2.45) is 0 Å². The lowest BCUT2D eigenvalue weighted by molar-refractivity contribution is 0.327. The molecule has 0 unspecified atom stereocenters. The Hall–Kier alpha value is -2.01. The average molecular weight is 273 g/mol. The van der Waals surface area contributed by atoms with Crippen LogP contribution in [-0.2, 0) is 6.54 Å². The molecule has 5 heteroatoms. The summed E-state index contributed by atoms with van der Waals surface area (Å²) in [6.45, 7) is 2.80. The summed E-state index contributed by atoms with van der Waals surface area (Å²) in [5, 5.41) is 0. The van der Waals surface area contributed by atoms with Crippen LogP contribution >= 0.6 is 0 Å². The number of likely N-dealkylation sites (tertiary alicyclic amines) is 1. The van der Waals surface area contributed by atoms with E-state index in [9.17, 15) is 9.18 Å². The lowest BCUT2D eigenvalue weighted by atomic mass is 10.2. The van der Waals surface area contributed by atoms with Crippen LogP contribution in [0.5, 0.6) is 0 Å². The van der Waals surface area contributed by atoms with Gasteiger partial charge >= 0.3 is 0 Å². The molecule has 0 saturated carbocycles. The van der Waals surface area contributed by atoms with Crippen LogP contribution in [0.2, 0.25) is 0 Å². The van der Waals surface area contributed by atoms with Crippen LogP contribution in [-0.4, -0.2) is 28.0 Å². The topological polar surface area (TPSA) is 49.0 Å². The first kappa shape index (κ1) is 13.0. The fourth-order valence-corrected chi connectivity index (χ4v) is 2.50. The van der Waals surface area contributed by atoms with Crippen molar-refractivity contribution in [3.63, 3.8) is 0 Å². The Morgan fingerprint density at radius 1 is 1.20 bits per heavy atom. The van der Waals surface area contributed by atoms with E-state index in [1.165, 1.54) is 31.0 Å². The van der Waals surface area contributed by atoms with Crippen LogP contribution in [0.1, 0.15) is 18.5 Å². The number of hydrogen-bond donors (Lipinski definition) is 1. The zero-order chi connectivity index (χ0) is 13.9. The molecule has 1 aliphatic rings. The molecule has 3 rings (SSSR count). The Morgan fingerprint density at radius 2 is 1.90 bits per heavy atom. The zero-order valence-corrected chi connectivity index (χ0v) is 11.1. The van der Waals surface area contributed by atoms with E-state index >= 15 is 0 Å². The van der Waals surface area contributed by atoms with E-state index in [4.69, 9.17) is 0 Å². The Balaban J connectivity index is 1.89. The number of halogens is 1. The van der Waals surface area contributed by atoms with Crippen LogP contribution in [0, 0.1) is 5.82 Å². The Morgan fingerprint density at radius 3 is 2.60 bits per heavy atom. The number of aromatic nitrogens is 2. The minimum absolute atomic E-state index is 0.173. The summed E-state index contributed by atoms with van der Waals surface area (Å²) in [6.07, 6.45) is 2.40. The van der Waals surface area contributed by atoms with E-state index in [1.807, 2.05) is 0 Å². The number of rotatable bonds is 3. The molecule has 0 spiro atoms. The summed E-state index contributed by atoms with van der Waals surface area (Å²) in [5.41, 5.74) is 1.30. The summed E-state index contributed by atoms with van der Waals surface area (Å²) < 4.78 is 12.9. The van der Waals surface area contributed by atoms with E-state index in [-0.39, 0.29) is 11.4 Å². The second-order valence-electron chi connectivity index (χ2n) is 5.08. The van der Waals surface area contributed by atoms with E-state index in [2.05, 4.69) is 14.9 Å². The second kappa shape index (κ2) is 5.54. The highest BCUT2D eigenvalue weighted by molar-refractivity contribution is 5.54. The first-order valence-corrected chi connectivity index (χ1v) is 6.79. The second-order valence-corrected chi connectivity index (χ2v) is 5.08. The van der Waals surface area contributed by atoms with Crippen LogP contribution in [0.15, 0.2) is 35.1 Å². The van der Waals surface area contributed by atoms with Gasteiger partial charge in [0.15, 0.2) is 0 Å². The van der Waals surface area contributed by atoms with E-state index in [0.29, 0.717) is 17.9 Å². The fourth-order valence-electron chi connectivity index (χ4n) is 2.50. The van der Waals surface area contributed by atoms with Gasteiger partial charge in [0.05, 0.1) is 5.69 Å². The minimum Gasteiger partial charge on any atom is -0.307 e. The molecule has 20 heavy (non-hydrogen) atoms. The number of aromatic amines is 1. The SMILES string of the molecule is O=c1cc(CN2CCCC2)nc(-c2ccc(F)cc2)[nH]1. The van der Waals surface area contributed by atoms with Gasteiger partial charge in [0.1, 0.15) is 11.6 Å². The van der Waals surface area contributed by atoms with Gasteiger partial charge in [0, 0.05) is 18.2 Å². The molecule has 1 aromatic heterocycles. The van der Waals surface area contributed by atoms with Crippen molar-refractivity contribution in [2.75, 3.05) is 13.1 Å². The zero-order valence-electron chi connectivity index (χ0n) is 11.1. The van der Waals surface area contributed by atoms with Gasteiger partial charge in [-0.05, 0) is 50.2 Å². The van der Waals surface area contributed by atoms with E-state index in [1.54, 1.807) is 12.1 Å². The van der Waals surface area contributed by atoms with Crippen LogP contribution in [0.4, 0.5) is 4.39 Å². The molecular formula is C15H16FN3O. The molecule has 2 heterocycles. The standard InChI is InChI=1S/C15H16FN3O/c16-12-5-3-11(4-6-12)15-17-13(9-14(20)18-15)10-19-7-1-2-8-19/h3-6,9H,1-2,7-8,10H2,(H,17,18,20). The van der Waals surface area contributed by atoms with Crippen molar-refractivity contribution in [1.29, 1.82) is 0 Å². The first-order chi connectivity index (χ1) is 9.70. The third-order valence-corrected chi connectivity index (χ3v) is 3.50. The van der Waals surface area contributed by atoms with Gasteiger partial charge in [-0.1, -0.05) is 0 Å². The van der Waals surface area contributed by atoms with Crippen LogP contribution in [0.25, 0.3) is 11.4 Å². The molecule has 0 radical (unpaired) electrons. The van der Waals surface area contributed by atoms with Gasteiger partial charge in [-0.2, -0.15) is 0 Å². The van der Waals surface area contributed by atoms with E-state index in [0.717, 1.165) is 18.8 Å². The van der Waals surface area contributed by atoms with Crippen molar-refractivity contribution >= 4 is 0 Å². The van der Waals surface area contributed by atoms with Crippen molar-refractivity contribution in [1.82, 2.24) is 14.9 Å². The first-order valence-electron chi connectivity index (χ1n) is 6.79. The summed E-state index contributed by atoms with van der Waals surface area (Å²) in [5.74, 6) is 0.191. The molecule has 1 aromatic carbocycles. The lowest BCUT2D eigenvalue weighted by Crippen LogP contribution is -2.21. The maximum atomic E-state index is 12.9. The Bertz CT molecular complexity index is 645. The summed E-state index contributed by atoms with van der Waals surface area (Å²) in [6, 6.07) is 7.50. The van der Waals surface area contributed by atoms with E-state index < -0.39 is 0 Å². The highest BCUT2D eigenvalue weighted by Crippen LogP contribution is 2.16. The molecule has 0 bridgehead atoms. The number of nitrogens with zero attached hydrogens (tertiary/aromatic N) is 2. The number of H-pyrrole nitrogens is 1. The van der Waals surface area contributed by atoms with Gasteiger partial charge in [-0.3, -0.25) is 9.69 Å². The van der Waals surface area contributed by atoms with Gasteiger partial charge < -0.3 is 4.98 Å². The quantitative estimate of drug-likeness (QED) is 0.932. The van der Waals surface area contributed by atoms with Gasteiger partial charge in [0.25, 0.3) is 5.56 Å². The van der Waals surface area contributed by atoms with Crippen molar-refractivity contribution in [3.05, 3.63) is 52.2 Å². The molecule has 0 atom stereocenters. The van der Waals surface area contributed by atoms with Crippen molar-refractivity contribution in [2.45, 2.75) is 19.4 Å². The minimum atomic E-state index is -0.302. The molecule has 1 N–H and O–H groups in total. The highest BCUT2D eigenvalue weighted by atomic mass is 19.1. The van der Waals surface area contributed by atoms with Crippen molar-refractivity contribution in [3.8, 4) is 11.4 Å². The normalized spacial score (nSPS) is 15.7. The largest absolute Gasteiger partial charge is 0.307 e. The summed E-state index contributed by atoms with van der Waals surface area (Å²) in [7, 11) is 0. The average Bonchev–Trinajstić information content (AvgIpc) is 2.91. The molecule has 0 amide bonds.